The summed E-state index contributed by atoms with van der Waals surface area (Å²) in [6, 6.07) is 1.17. The number of carbonyl (C=O) groups is 2. The van der Waals surface area contributed by atoms with Gasteiger partial charge in [0.25, 0.3) is 0 Å². The molecular weight excluding hydrogens is 405 g/mol. The number of amides is 1. The van der Waals surface area contributed by atoms with Gasteiger partial charge in [-0.15, -0.1) is 0 Å². The first-order valence-corrected chi connectivity index (χ1v) is 9.31. The molecule has 1 aromatic heterocycles. The third-order valence-electron chi connectivity index (χ3n) is 3.67. The van der Waals surface area contributed by atoms with Gasteiger partial charge >= 0.3 is 13.5 Å². The Morgan fingerprint density at radius 3 is 2.57 bits per heavy atom. The number of phosphoric ester groups is 1. The highest BCUT2D eigenvalue weighted by atomic mass is 31.2. The van der Waals surface area contributed by atoms with Crippen LogP contribution < -0.4 is 16.1 Å². The van der Waals surface area contributed by atoms with Crippen molar-refractivity contribution >= 4 is 25.5 Å². The van der Waals surface area contributed by atoms with E-state index in [1.807, 2.05) is 0 Å². The third-order valence-corrected chi connectivity index (χ3v) is 4.16. The first kappa shape index (κ1) is 22.1. The quantitative estimate of drug-likeness (QED) is 0.257. The minimum atomic E-state index is -4.83. The van der Waals surface area contributed by atoms with Gasteiger partial charge in [0.05, 0.1) is 6.61 Å². The molecule has 1 aromatic rings. The summed E-state index contributed by atoms with van der Waals surface area (Å²) in [5, 5.41) is 32.5. The molecule has 0 unspecified atom stereocenters. The number of carboxylic acid groups (broad SMARTS) is 1. The minimum absolute atomic E-state index is 0.181. The number of carbonyl (C=O) groups excluding carboxylic acids is 2. The number of anilines is 1. The zero-order chi connectivity index (χ0) is 21.1. The Bertz CT molecular complexity index is 837. The second-order valence-electron chi connectivity index (χ2n) is 5.76. The highest BCUT2D eigenvalue weighted by Crippen LogP contribution is 2.38. The Kier molecular flexibility index (Phi) is 7.01. The van der Waals surface area contributed by atoms with E-state index >= 15 is 0 Å². The van der Waals surface area contributed by atoms with Crippen molar-refractivity contribution < 1.29 is 48.5 Å². The van der Waals surface area contributed by atoms with Gasteiger partial charge in [-0.05, 0) is 12.5 Å². The largest absolute Gasteiger partial charge is 0.550 e. The summed E-state index contributed by atoms with van der Waals surface area (Å²) >= 11 is 0. The smallest absolute Gasteiger partial charge is 0.469 e. The molecule has 2 rings (SSSR count). The van der Waals surface area contributed by atoms with Crippen molar-refractivity contribution in [2.45, 2.75) is 37.4 Å². The lowest BCUT2D eigenvalue weighted by Gasteiger charge is -2.17. The number of nitrogens with zero attached hydrogens (tertiary/aromatic N) is 2. The van der Waals surface area contributed by atoms with Crippen molar-refractivity contribution in [3.63, 3.8) is 0 Å². The Hall–Kier alpha value is -2.19. The summed E-state index contributed by atoms with van der Waals surface area (Å²) in [5.41, 5.74) is -0.981. The lowest BCUT2D eigenvalue weighted by atomic mass is 10.1. The van der Waals surface area contributed by atoms with E-state index in [2.05, 4.69) is 14.8 Å². The fourth-order valence-corrected chi connectivity index (χ4v) is 2.71. The number of nitrogens with one attached hydrogen (secondary N) is 1. The van der Waals surface area contributed by atoms with Crippen LogP contribution in [-0.2, 0) is 23.4 Å². The van der Waals surface area contributed by atoms with Gasteiger partial charge in [-0.2, -0.15) is 4.98 Å². The average molecular weight is 422 g/mol. The highest BCUT2D eigenvalue weighted by molar-refractivity contribution is 7.46. The number of hydrogen-bond donors (Lipinski definition) is 5. The Morgan fingerprint density at radius 1 is 1.32 bits per heavy atom. The number of aliphatic hydroxyl groups excluding tert-OH is 2. The summed E-state index contributed by atoms with van der Waals surface area (Å²) in [6.07, 6.45) is -5.80. The minimum Gasteiger partial charge on any atom is -0.550 e. The molecule has 14 nitrogen and oxygen atoms in total. The van der Waals surface area contributed by atoms with Crippen LogP contribution in [0.2, 0.25) is 0 Å². The van der Waals surface area contributed by atoms with Gasteiger partial charge in [-0.1, -0.05) is 0 Å². The Labute approximate surface area is 156 Å². The number of ether oxygens (including phenoxy) is 1. The van der Waals surface area contributed by atoms with E-state index in [0.717, 1.165) is 10.8 Å². The summed E-state index contributed by atoms with van der Waals surface area (Å²) in [5.74, 6) is -2.31. The van der Waals surface area contributed by atoms with E-state index in [9.17, 15) is 34.3 Å². The van der Waals surface area contributed by atoms with Gasteiger partial charge in [0.15, 0.2) is 6.23 Å². The Morgan fingerprint density at radius 2 is 2.00 bits per heavy atom. The van der Waals surface area contributed by atoms with Gasteiger partial charge in [0.2, 0.25) is 5.91 Å². The lowest BCUT2D eigenvalue weighted by Crippen LogP contribution is -2.36. The number of carboxylic acids is 1. The van der Waals surface area contributed by atoms with E-state index in [4.69, 9.17) is 14.5 Å². The molecule has 0 bridgehead atoms. The average Bonchev–Trinajstić information content (AvgIpc) is 2.86. The predicted molar refractivity (Wildman–Crippen MR) is 85.3 cm³/mol. The molecule has 4 atom stereocenters. The third kappa shape index (κ3) is 5.90. The van der Waals surface area contributed by atoms with Crippen LogP contribution in [0.15, 0.2) is 17.1 Å². The molecule has 15 heteroatoms. The number of aliphatic carboxylic acids is 1. The lowest BCUT2D eigenvalue weighted by molar-refractivity contribution is -0.305. The van der Waals surface area contributed by atoms with E-state index in [-0.39, 0.29) is 12.2 Å². The van der Waals surface area contributed by atoms with Crippen molar-refractivity contribution in [3.05, 3.63) is 22.7 Å². The number of rotatable bonds is 8. The molecule has 0 spiro atoms. The van der Waals surface area contributed by atoms with Crippen LogP contribution in [0.1, 0.15) is 19.1 Å². The van der Waals surface area contributed by atoms with Gasteiger partial charge in [0, 0.05) is 18.6 Å². The van der Waals surface area contributed by atoms with Crippen LogP contribution in [0.5, 0.6) is 0 Å². The molecule has 0 radical (unpaired) electrons. The highest BCUT2D eigenvalue weighted by Gasteiger charge is 2.45. The van der Waals surface area contributed by atoms with Gasteiger partial charge in [0.1, 0.15) is 24.1 Å². The molecule has 5 N–H and O–H groups in total. The van der Waals surface area contributed by atoms with Crippen LogP contribution >= 0.6 is 7.82 Å². The van der Waals surface area contributed by atoms with Crippen molar-refractivity contribution in [1.29, 1.82) is 0 Å². The number of hydrogen-bond acceptors (Lipinski definition) is 10. The molecule has 1 saturated heterocycles. The zero-order valence-corrected chi connectivity index (χ0v) is 15.0. The molecule has 0 aromatic carbocycles. The predicted octanol–water partition coefficient (Wildman–Crippen LogP) is -3.56. The second-order valence-corrected chi connectivity index (χ2v) is 6.99. The van der Waals surface area contributed by atoms with Crippen LogP contribution in [0.3, 0.4) is 0 Å². The van der Waals surface area contributed by atoms with Crippen molar-refractivity contribution in [2.24, 2.45) is 0 Å². The van der Waals surface area contributed by atoms with Gasteiger partial charge in [-0.25, -0.2) is 9.36 Å². The molecule has 1 fully saturated rings. The summed E-state index contributed by atoms with van der Waals surface area (Å²) in [4.78, 5) is 54.9. The van der Waals surface area contributed by atoms with Crippen molar-refractivity contribution in [2.75, 3.05) is 11.9 Å². The number of aliphatic hydroxyl groups is 2. The normalized spacial score (nSPS) is 24.9. The second kappa shape index (κ2) is 8.87. The van der Waals surface area contributed by atoms with E-state index in [0.29, 0.717) is 0 Å². The maximum atomic E-state index is 12.1. The van der Waals surface area contributed by atoms with Crippen LogP contribution in [0, 0.1) is 0 Å². The van der Waals surface area contributed by atoms with E-state index in [1.165, 1.54) is 6.07 Å². The first-order chi connectivity index (χ1) is 13.0. The van der Waals surface area contributed by atoms with E-state index in [1.54, 1.807) is 0 Å². The fourth-order valence-electron chi connectivity index (χ4n) is 2.36. The summed E-state index contributed by atoms with van der Waals surface area (Å²) in [6.45, 7) is -0.742. The molecule has 1 amide bonds. The maximum Gasteiger partial charge on any atom is 0.469 e. The molecule has 0 aliphatic carbocycles. The summed E-state index contributed by atoms with van der Waals surface area (Å²) in [7, 11) is -4.83. The monoisotopic (exact) mass is 422 g/mol. The fraction of sp³-hybridized carbons (Fsp3) is 0.538. The molecule has 0 saturated carbocycles. The number of aromatic nitrogens is 2. The molecule has 1 aliphatic rings. The van der Waals surface area contributed by atoms with Crippen LogP contribution in [-0.4, -0.2) is 66.3 Å². The van der Waals surface area contributed by atoms with Crippen molar-refractivity contribution in [3.8, 4) is 0 Å². The first-order valence-electron chi connectivity index (χ1n) is 7.78. The van der Waals surface area contributed by atoms with Gasteiger partial charge < -0.3 is 40.0 Å². The maximum absolute atomic E-state index is 12.1. The molecule has 2 heterocycles. The SMILES string of the molecule is O=C([O-])CCC(=O)Nc1ccn([C@@H]2O[C@H](COP(=O)(O)O)[C@@H](O)[C@@H]2O)c(=O)n1. The topological polar surface area (TPSA) is 221 Å². The van der Waals surface area contributed by atoms with Crippen LogP contribution in [0.4, 0.5) is 5.82 Å². The number of phosphoric acid groups is 1. The standard InChI is InChI=1S/C13H18N3O11P/c17-8(1-2-9(18)19)14-7-3-4-16(13(22)15-7)12-11(21)10(20)6(27-12)5-26-28(23,24)25/h3-4,6,10-12,20-21H,1-2,5H2,(H,18,19)(H2,23,24,25)(H,14,15,17,22)/p-1/t6-,10-,11+,12-/m1/s1. The Balaban J connectivity index is 2.07. The molecule has 1 aliphatic heterocycles. The molecular formula is C13H17N3O11P-. The van der Waals surface area contributed by atoms with E-state index < -0.39 is 63.0 Å². The zero-order valence-electron chi connectivity index (χ0n) is 14.1. The van der Waals surface area contributed by atoms with Gasteiger partial charge in [-0.3, -0.25) is 13.9 Å². The van der Waals surface area contributed by atoms with Crippen LogP contribution in [0.25, 0.3) is 0 Å². The van der Waals surface area contributed by atoms with Crippen molar-refractivity contribution in [1.82, 2.24) is 9.55 Å². The molecule has 28 heavy (non-hydrogen) atoms. The molecule has 156 valence electrons. The summed E-state index contributed by atoms with van der Waals surface area (Å²) < 4.78 is 21.0.